The van der Waals surface area contributed by atoms with E-state index in [1.165, 1.54) is 0 Å². The first-order valence-corrected chi connectivity index (χ1v) is 4.96. The number of hydrogen-bond acceptors (Lipinski definition) is 3. The molecule has 0 saturated heterocycles. The maximum Gasteiger partial charge on any atom is 0.166 e. The van der Waals surface area contributed by atoms with E-state index < -0.39 is 0 Å². The number of nitrogens with zero attached hydrogens (tertiary/aromatic N) is 1. The Labute approximate surface area is 82.3 Å². The summed E-state index contributed by atoms with van der Waals surface area (Å²) in [6.07, 6.45) is 1.97. The third kappa shape index (κ3) is 1.35. The van der Waals surface area contributed by atoms with Crippen molar-refractivity contribution in [2.75, 3.05) is 6.61 Å². The van der Waals surface area contributed by atoms with Crippen LogP contribution in [0, 0.1) is 5.92 Å². The van der Waals surface area contributed by atoms with Gasteiger partial charge >= 0.3 is 0 Å². The molecular formula is C10H14N2O2. The average molecular weight is 194 g/mol. The van der Waals surface area contributed by atoms with Gasteiger partial charge in [-0.1, -0.05) is 6.92 Å². The van der Waals surface area contributed by atoms with E-state index in [1.54, 1.807) is 0 Å². The zero-order valence-corrected chi connectivity index (χ0v) is 8.21. The Kier molecular flexibility index (Phi) is 2.37. The second-order valence-electron chi connectivity index (χ2n) is 3.76. The predicted molar refractivity (Wildman–Crippen MR) is 51.2 cm³/mol. The van der Waals surface area contributed by atoms with Crippen molar-refractivity contribution in [3.63, 3.8) is 0 Å². The quantitative estimate of drug-likeness (QED) is 0.728. The van der Waals surface area contributed by atoms with E-state index in [4.69, 9.17) is 5.11 Å². The summed E-state index contributed by atoms with van der Waals surface area (Å²) < 4.78 is 0. The van der Waals surface area contributed by atoms with Crippen molar-refractivity contribution in [2.45, 2.75) is 26.2 Å². The molecular weight excluding hydrogens is 180 g/mol. The number of aliphatic hydroxyl groups is 1. The number of nitrogens with one attached hydrogen (secondary N) is 1. The van der Waals surface area contributed by atoms with E-state index in [1.807, 2.05) is 6.92 Å². The number of rotatable bonds is 2. The molecule has 1 unspecified atom stereocenters. The van der Waals surface area contributed by atoms with E-state index in [-0.39, 0.29) is 18.3 Å². The topological polar surface area (TPSA) is 66.0 Å². The molecule has 0 saturated carbocycles. The number of carbonyl (C=O) groups is 1. The number of hydrogen-bond donors (Lipinski definition) is 2. The number of aliphatic hydroxyl groups excluding tert-OH is 1. The minimum absolute atomic E-state index is 0.0696. The molecule has 4 nitrogen and oxygen atoms in total. The molecule has 0 amide bonds. The number of H-pyrrole nitrogens is 1. The third-order valence-corrected chi connectivity index (χ3v) is 2.75. The summed E-state index contributed by atoms with van der Waals surface area (Å²) in [7, 11) is 0. The van der Waals surface area contributed by atoms with Crippen LogP contribution >= 0.6 is 0 Å². The first-order chi connectivity index (χ1) is 6.76. The fourth-order valence-electron chi connectivity index (χ4n) is 2.01. The number of aryl methyl sites for hydroxylation is 1. The maximum absolute atomic E-state index is 11.7. The fraction of sp³-hybridized carbons (Fsp3) is 0.600. The van der Waals surface area contributed by atoms with Gasteiger partial charge in [0.25, 0.3) is 0 Å². The lowest BCUT2D eigenvalue weighted by Crippen LogP contribution is -2.22. The van der Waals surface area contributed by atoms with Gasteiger partial charge in [0.05, 0.1) is 11.3 Å². The zero-order chi connectivity index (χ0) is 10.1. The molecule has 1 aliphatic carbocycles. The number of carbonyl (C=O) groups excluding carboxylic acids is 1. The minimum Gasteiger partial charge on any atom is -0.396 e. The number of fused-ring (bicyclic) bond motifs is 1. The molecule has 1 atom stereocenters. The summed E-state index contributed by atoms with van der Waals surface area (Å²) in [5, 5.41) is 16.0. The van der Waals surface area contributed by atoms with E-state index in [0.717, 1.165) is 29.8 Å². The van der Waals surface area contributed by atoms with Gasteiger partial charge in [0.1, 0.15) is 0 Å². The Bertz CT molecular complexity index is 357. The van der Waals surface area contributed by atoms with E-state index in [9.17, 15) is 4.79 Å². The van der Waals surface area contributed by atoms with Crippen LogP contribution in [0.4, 0.5) is 0 Å². The Morgan fingerprint density at radius 2 is 2.36 bits per heavy atom. The lowest BCUT2D eigenvalue weighted by atomic mass is 9.86. The molecule has 1 aromatic heterocycles. The number of Topliss-reactive ketones (excluding diaryl/α,β-unsaturated/α-hetero) is 1. The van der Waals surface area contributed by atoms with Gasteiger partial charge in [-0.3, -0.25) is 9.89 Å². The minimum atomic E-state index is 0.0696. The average Bonchev–Trinajstić information content (AvgIpc) is 2.61. The summed E-state index contributed by atoms with van der Waals surface area (Å²) in [6.45, 7) is 2.06. The van der Waals surface area contributed by atoms with Gasteiger partial charge < -0.3 is 5.11 Å². The molecule has 1 aromatic rings. The molecule has 0 fully saturated rings. The van der Waals surface area contributed by atoms with Gasteiger partial charge in [0.2, 0.25) is 0 Å². The SMILES string of the molecule is CCc1n[nH]c2c1C(=O)CC(CO)C2. The lowest BCUT2D eigenvalue weighted by molar-refractivity contribution is 0.0917. The van der Waals surface area contributed by atoms with Crippen LogP contribution in [0.25, 0.3) is 0 Å². The molecule has 4 heteroatoms. The van der Waals surface area contributed by atoms with Crippen LogP contribution in [0.15, 0.2) is 0 Å². The standard InChI is InChI=1S/C10H14N2O2/c1-2-7-10-8(12-11-7)3-6(5-13)4-9(10)14/h6,13H,2-5H2,1H3,(H,11,12). The number of ketones is 1. The first-order valence-electron chi connectivity index (χ1n) is 4.96. The molecule has 1 heterocycles. The van der Waals surface area contributed by atoms with Crippen molar-refractivity contribution in [1.29, 1.82) is 0 Å². The van der Waals surface area contributed by atoms with Crippen molar-refractivity contribution >= 4 is 5.78 Å². The van der Waals surface area contributed by atoms with Gasteiger partial charge in [-0.05, 0) is 18.8 Å². The predicted octanol–water partition coefficient (Wildman–Crippen LogP) is 0.710. The van der Waals surface area contributed by atoms with Gasteiger partial charge in [0, 0.05) is 18.7 Å². The molecule has 0 aromatic carbocycles. The smallest absolute Gasteiger partial charge is 0.166 e. The second-order valence-corrected chi connectivity index (χ2v) is 3.76. The molecule has 14 heavy (non-hydrogen) atoms. The maximum atomic E-state index is 11.7. The van der Waals surface area contributed by atoms with Crippen LogP contribution in [0.5, 0.6) is 0 Å². The number of aromatic amines is 1. The van der Waals surface area contributed by atoms with E-state index in [0.29, 0.717) is 6.42 Å². The van der Waals surface area contributed by atoms with Crippen molar-refractivity contribution in [2.24, 2.45) is 5.92 Å². The third-order valence-electron chi connectivity index (χ3n) is 2.75. The van der Waals surface area contributed by atoms with Crippen LogP contribution in [0.3, 0.4) is 0 Å². The summed E-state index contributed by atoms with van der Waals surface area (Å²) in [4.78, 5) is 11.7. The van der Waals surface area contributed by atoms with Crippen LogP contribution in [0.2, 0.25) is 0 Å². The second kappa shape index (κ2) is 3.53. The Hall–Kier alpha value is -1.16. The van der Waals surface area contributed by atoms with Crippen molar-refractivity contribution < 1.29 is 9.90 Å². The van der Waals surface area contributed by atoms with E-state index in [2.05, 4.69) is 10.2 Å². The van der Waals surface area contributed by atoms with Crippen LogP contribution < -0.4 is 0 Å². The zero-order valence-electron chi connectivity index (χ0n) is 8.21. The number of aromatic nitrogens is 2. The van der Waals surface area contributed by atoms with Gasteiger partial charge in [-0.2, -0.15) is 5.10 Å². The lowest BCUT2D eigenvalue weighted by Gasteiger charge is -2.18. The van der Waals surface area contributed by atoms with E-state index >= 15 is 0 Å². The first kappa shape index (κ1) is 9.40. The Morgan fingerprint density at radius 3 is 3.00 bits per heavy atom. The fourth-order valence-corrected chi connectivity index (χ4v) is 2.01. The van der Waals surface area contributed by atoms with Crippen LogP contribution in [-0.2, 0) is 12.8 Å². The molecule has 0 aliphatic heterocycles. The highest BCUT2D eigenvalue weighted by Crippen LogP contribution is 2.26. The van der Waals surface area contributed by atoms with Crippen LogP contribution in [-0.4, -0.2) is 27.7 Å². The molecule has 2 N–H and O–H groups in total. The van der Waals surface area contributed by atoms with Crippen LogP contribution in [0.1, 0.15) is 35.1 Å². The summed E-state index contributed by atoms with van der Waals surface area (Å²) >= 11 is 0. The Morgan fingerprint density at radius 1 is 1.57 bits per heavy atom. The van der Waals surface area contributed by atoms with Crippen molar-refractivity contribution in [1.82, 2.24) is 10.2 Å². The highest BCUT2D eigenvalue weighted by Gasteiger charge is 2.28. The molecule has 0 bridgehead atoms. The normalized spacial score (nSPS) is 21.0. The summed E-state index contributed by atoms with van der Waals surface area (Å²) in [6, 6.07) is 0. The molecule has 76 valence electrons. The molecule has 2 rings (SSSR count). The highest BCUT2D eigenvalue weighted by atomic mass is 16.3. The summed E-state index contributed by atoms with van der Waals surface area (Å²) in [5.41, 5.74) is 2.54. The van der Waals surface area contributed by atoms with Crippen molar-refractivity contribution in [3.05, 3.63) is 17.0 Å². The monoisotopic (exact) mass is 194 g/mol. The van der Waals surface area contributed by atoms with Gasteiger partial charge in [0.15, 0.2) is 5.78 Å². The van der Waals surface area contributed by atoms with Crippen molar-refractivity contribution in [3.8, 4) is 0 Å². The van der Waals surface area contributed by atoms with Gasteiger partial charge in [-0.25, -0.2) is 0 Å². The molecule has 1 aliphatic rings. The summed E-state index contributed by atoms with van der Waals surface area (Å²) in [5.74, 6) is 0.191. The molecule has 0 spiro atoms. The Balaban J connectivity index is 2.37. The molecule has 0 radical (unpaired) electrons. The largest absolute Gasteiger partial charge is 0.396 e. The van der Waals surface area contributed by atoms with Gasteiger partial charge in [-0.15, -0.1) is 0 Å². The highest BCUT2D eigenvalue weighted by molar-refractivity contribution is 5.99.